The molecule has 4 aromatic rings. The van der Waals surface area contributed by atoms with Gasteiger partial charge in [-0.3, -0.25) is 4.79 Å². The van der Waals surface area contributed by atoms with Crippen LogP contribution in [0.3, 0.4) is 0 Å². The summed E-state index contributed by atoms with van der Waals surface area (Å²) in [4.78, 5) is 15.7. The highest BCUT2D eigenvalue weighted by Crippen LogP contribution is 2.35. The molecule has 0 spiro atoms. The number of nitrogens with one attached hydrogen (secondary N) is 1. The van der Waals surface area contributed by atoms with Crippen molar-refractivity contribution in [1.29, 1.82) is 0 Å². The summed E-state index contributed by atoms with van der Waals surface area (Å²) in [6.07, 6.45) is 1.72. The lowest BCUT2D eigenvalue weighted by atomic mass is 9.92. The number of hydrogen-bond donors (Lipinski definition) is 1. The molecule has 0 unspecified atom stereocenters. The Kier molecular flexibility index (Phi) is 5.27. The first-order valence-electron chi connectivity index (χ1n) is 8.97. The number of halogens is 1. The molecule has 0 saturated carbocycles. The van der Waals surface area contributed by atoms with Gasteiger partial charge < -0.3 is 9.72 Å². The molecule has 0 amide bonds. The second kappa shape index (κ2) is 8.15. The quantitative estimate of drug-likeness (QED) is 0.460. The van der Waals surface area contributed by atoms with Gasteiger partial charge in [-0.05, 0) is 23.8 Å². The molecule has 0 saturated heterocycles. The average molecular weight is 388 g/mol. The summed E-state index contributed by atoms with van der Waals surface area (Å²) in [5.41, 5.74) is 3.71. The van der Waals surface area contributed by atoms with Gasteiger partial charge in [0.15, 0.2) is 0 Å². The highest BCUT2D eigenvalue weighted by Gasteiger charge is 2.18. The van der Waals surface area contributed by atoms with Gasteiger partial charge in [0.2, 0.25) is 0 Å². The molecule has 3 aromatic carbocycles. The number of rotatable bonds is 5. The Balaban J connectivity index is 1.88. The van der Waals surface area contributed by atoms with E-state index in [0.717, 1.165) is 22.4 Å². The smallest absolute Gasteiger partial charge is 0.256 e. The minimum atomic E-state index is -0.185. The second-order valence-corrected chi connectivity index (χ2v) is 6.75. The highest BCUT2D eigenvalue weighted by atomic mass is 35.5. The van der Waals surface area contributed by atoms with Crippen LogP contribution in [0.15, 0.2) is 95.9 Å². The van der Waals surface area contributed by atoms with Crippen LogP contribution in [0.1, 0.15) is 5.56 Å². The lowest BCUT2D eigenvalue weighted by Crippen LogP contribution is -2.13. The van der Waals surface area contributed by atoms with Gasteiger partial charge in [0.1, 0.15) is 12.4 Å². The second-order valence-electron chi connectivity index (χ2n) is 6.34. The fourth-order valence-electron chi connectivity index (χ4n) is 3.22. The molecule has 4 rings (SSSR count). The maximum Gasteiger partial charge on any atom is 0.256 e. The number of benzene rings is 3. The number of aromatic amines is 1. The minimum absolute atomic E-state index is 0.185. The third-order valence-electron chi connectivity index (χ3n) is 4.52. The van der Waals surface area contributed by atoms with Gasteiger partial charge in [-0.25, -0.2) is 0 Å². The van der Waals surface area contributed by atoms with Crippen LogP contribution in [0, 0.1) is 0 Å². The Morgan fingerprint density at radius 1 is 0.786 bits per heavy atom. The largest absolute Gasteiger partial charge is 0.489 e. The number of aromatic nitrogens is 1. The van der Waals surface area contributed by atoms with E-state index in [1.54, 1.807) is 12.3 Å². The van der Waals surface area contributed by atoms with Crippen molar-refractivity contribution >= 4 is 11.6 Å². The maximum atomic E-state index is 12.8. The Morgan fingerprint density at radius 3 is 2.14 bits per heavy atom. The van der Waals surface area contributed by atoms with Gasteiger partial charge in [-0.2, -0.15) is 0 Å². The van der Waals surface area contributed by atoms with E-state index in [-0.39, 0.29) is 5.56 Å². The molecule has 3 nitrogen and oxygen atoms in total. The van der Waals surface area contributed by atoms with Gasteiger partial charge >= 0.3 is 0 Å². The number of hydrogen-bond acceptors (Lipinski definition) is 2. The summed E-state index contributed by atoms with van der Waals surface area (Å²) in [5.74, 6) is 0.770. The molecular formula is C24H18ClNO2. The molecule has 1 N–H and O–H groups in total. The number of H-pyrrole nitrogens is 1. The molecule has 1 heterocycles. The van der Waals surface area contributed by atoms with Crippen LogP contribution in [0.4, 0.5) is 0 Å². The van der Waals surface area contributed by atoms with Crippen LogP contribution < -0.4 is 10.3 Å². The molecule has 0 bridgehead atoms. The van der Waals surface area contributed by atoms with E-state index in [2.05, 4.69) is 4.98 Å². The fraction of sp³-hybridized carbons (Fsp3) is 0.0417. The Labute approximate surface area is 168 Å². The van der Waals surface area contributed by atoms with E-state index in [1.807, 2.05) is 78.9 Å². The van der Waals surface area contributed by atoms with Gasteiger partial charge in [0.25, 0.3) is 5.56 Å². The molecule has 0 aliphatic rings. The summed E-state index contributed by atoms with van der Waals surface area (Å²) in [5, 5.41) is 0.534. The molecule has 0 aliphatic heterocycles. The predicted octanol–water partition coefficient (Wildman–Crippen LogP) is 5.94. The van der Waals surface area contributed by atoms with Crippen molar-refractivity contribution in [2.75, 3.05) is 0 Å². The Morgan fingerprint density at radius 2 is 1.43 bits per heavy atom. The van der Waals surface area contributed by atoms with E-state index in [1.165, 1.54) is 0 Å². The van der Waals surface area contributed by atoms with Crippen LogP contribution in [0.5, 0.6) is 5.75 Å². The standard InChI is InChI=1S/C24H18ClNO2/c25-21-14-8-7-13-20(21)23-22(17-9-3-1-4-10-17)18(15-26-24(23)27)16-28-19-11-5-2-6-12-19/h1-15H,16H2,(H,26,27). The van der Waals surface area contributed by atoms with E-state index in [0.29, 0.717) is 22.8 Å². The highest BCUT2D eigenvalue weighted by molar-refractivity contribution is 6.33. The zero-order valence-corrected chi connectivity index (χ0v) is 15.8. The predicted molar refractivity (Wildman–Crippen MR) is 114 cm³/mol. The minimum Gasteiger partial charge on any atom is -0.489 e. The number of ether oxygens (including phenoxy) is 1. The third kappa shape index (κ3) is 3.71. The molecule has 0 aliphatic carbocycles. The van der Waals surface area contributed by atoms with Gasteiger partial charge in [0, 0.05) is 27.9 Å². The van der Waals surface area contributed by atoms with E-state index >= 15 is 0 Å². The SMILES string of the molecule is O=c1[nH]cc(COc2ccccc2)c(-c2ccccc2)c1-c1ccccc1Cl. The lowest BCUT2D eigenvalue weighted by molar-refractivity contribution is 0.306. The number of para-hydroxylation sites is 1. The van der Waals surface area contributed by atoms with Crippen LogP contribution >= 0.6 is 11.6 Å². The van der Waals surface area contributed by atoms with E-state index < -0.39 is 0 Å². The van der Waals surface area contributed by atoms with Crippen molar-refractivity contribution in [2.24, 2.45) is 0 Å². The van der Waals surface area contributed by atoms with Gasteiger partial charge in [-0.15, -0.1) is 0 Å². The zero-order valence-electron chi connectivity index (χ0n) is 15.1. The first-order valence-corrected chi connectivity index (χ1v) is 9.34. The first-order chi connectivity index (χ1) is 13.7. The molecule has 0 atom stereocenters. The maximum absolute atomic E-state index is 12.8. The summed E-state index contributed by atoms with van der Waals surface area (Å²) < 4.78 is 5.96. The molecule has 138 valence electrons. The average Bonchev–Trinajstić information content (AvgIpc) is 2.74. The van der Waals surface area contributed by atoms with Crippen LogP contribution in [-0.2, 0) is 6.61 Å². The Hall–Kier alpha value is -3.30. The molecule has 28 heavy (non-hydrogen) atoms. The molecule has 1 aromatic heterocycles. The monoisotopic (exact) mass is 387 g/mol. The van der Waals surface area contributed by atoms with E-state index in [9.17, 15) is 4.79 Å². The van der Waals surface area contributed by atoms with Gasteiger partial charge in [0.05, 0.1) is 5.56 Å². The van der Waals surface area contributed by atoms with Crippen LogP contribution in [0.25, 0.3) is 22.3 Å². The van der Waals surface area contributed by atoms with Crippen LogP contribution in [0.2, 0.25) is 5.02 Å². The normalized spacial score (nSPS) is 10.6. The van der Waals surface area contributed by atoms with Crippen molar-refractivity contribution in [2.45, 2.75) is 6.61 Å². The molecule has 0 radical (unpaired) electrons. The van der Waals surface area contributed by atoms with Crippen molar-refractivity contribution < 1.29 is 4.74 Å². The summed E-state index contributed by atoms with van der Waals surface area (Å²) in [6.45, 7) is 0.322. The van der Waals surface area contributed by atoms with Gasteiger partial charge in [-0.1, -0.05) is 78.3 Å². The van der Waals surface area contributed by atoms with Crippen molar-refractivity contribution in [1.82, 2.24) is 4.98 Å². The zero-order chi connectivity index (χ0) is 19.3. The first kappa shape index (κ1) is 18.1. The number of pyridine rings is 1. The molecular weight excluding hydrogens is 370 g/mol. The molecule has 4 heteroatoms. The summed E-state index contributed by atoms with van der Waals surface area (Å²) >= 11 is 6.43. The van der Waals surface area contributed by atoms with Crippen molar-refractivity contribution in [3.8, 4) is 28.0 Å². The molecule has 0 fully saturated rings. The third-order valence-corrected chi connectivity index (χ3v) is 4.85. The fourth-order valence-corrected chi connectivity index (χ4v) is 3.45. The van der Waals surface area contributed by atoms with E-state index in [4.69, 9.17) is 16.3 Å². The van der Waals surface area contributed by atoms with Crippen molar-refractivity contribution in [3.63, 3.8) is 0 Å². The Bertz CT molecular complexity index is 1140. The summed E-state index contributed by atoms with van der Waals surface area (Å²) in [6, 6.07) is 26.8. The van der Waals surface area contributed by atoms with Crippen molar-refractivity contribution in [3.05, 3.63) is 112 Å². The summed E-state index contributed by atoms with van der Waals surface area (Å²) in [7, 11) is 0. The lowest BCUT2D eigenvalue weighted by Gasteiger charge is -2.16. The topological polar surface area (TPSA) is 42.1 Å². The van der Waals surface area contributed by atoms with Crippen LogP contribution in [-0.4, -0.2) is 4.98 Å².